The molecule has 0 radical (unpaired) electrons. The van der Waals surface area contributed by atoms with Crippen LogP contribution in [0, 0.1) is 0 Å². The lowest BCUT2D eigenvalue weighted by Crippen LogP contribution is -2.62. The molecule has 0 bridgehead atoms. The van der Waals surface area contributed by atoms with E-state index in [2.05, 4.69) is 249 Å². The van der Waals surface area contributed by atoms with Gasteiger partial charge >= 0.3 is 35.2 Å². The van der Waals surface area contributed by atoms with Crippen molar-refractivity contribution < 1.29 is 57.6 Å². The highest BCUT2D eigenvalue weighted by molar-refractivity contribution is 6.94. The molecule has 0 fully saturated rings. The summed E-state index contributed by atoms with van der Waals surface area (Å²) in [5, 5.41) is 0. The highest BCUT2D eigenvalue weighted by Gasteiger charge is 2.56. The number of hydrogen-bond donors (Lipinski definition) is 0. The van der Waals surface area contributed by atoms with Crippen molar-refractivity contribution in [3.05, 3.63) is 0 Å². The summed E-state index contributed by atoms with van der Waals surface area (Å²) in [7, 11) is -44.0. The molecule has 0 N–H and O–H groups in total. The molecule has 0 aliphatic heterocycles. The minimum atomic E-state index is -3.53. The van der Waals surface area contributed by atoms with Gasteiger partial charge in [0.2, 0.25) is 0 Å². The lowest BCUT2D eigenvalue weighted by molar-refractivity contribution is 0.244. The number of rotatable bonds is 48. The Hall–Kier alpha value is 3.78. The van der Waals surface area contributed by atoms with E-state index < -0.39 is 171 Å². The third-order valence-electron chi connectivity index (χ3n) is 12.7. The fraction of sp³-hybridized carbons (Fsp3) is 1.00. The highest BCUT2D eigenvalue weighted by atomic mass is 28.5. The maximum Gasteiger partial charge on any atom is 0.469 e. The van der Waals surface area contributed by atoms with Crippen LogP contribution in [0.4, 0.5) is 0 Å². The van der Waals surface area contributed by atoms with E-state index in [-0.39, 0.29) is 0 Å². The first-order chi connectivity index (χ1) is 38.1. The van der Waals surface area contributed by atoms with Crippen LogP contribution in [-0.2, 0) is 57.6 Å². The molecule has 87 heavy (non-hydrogen) atoms. The standard InChI is InChI=1S/C53H148O14Si20/c1-68-54-79(29,30)45-39-44-69-55-80(31,32)46-40-53-87(65-81(33,34)47-41-50-84(56-70(2,3)4,57-71(5,6)7)58-72(8,9)10,66-82(35,36)48-42-51-85(59-73(11,12)13,60-74(14,15)16)61-75(17,18)19)67-83(37,38)49-43-52-86(62-76(20,21)22,63-77(23,24)25)64-78(26,27)28/h39-53,68-69H2,1-38H3. The van der Waals surface area contributed by atoms with Crippen LogP contribution in [0.5, 0.6) is 0 Å². The van der Waals surface area contributed by atoms with Crippen molar-refractivity contribution in [3.63, 3.8) is 0 Å². The molecule has 34 heteroatoms. The van der Waals surface area contributed by atoms with Gasteiger partial charge in [-0.25, -0.2) is 0 Å². The zero-order valence-electron chi connectivity index (χ0n) is 64.7. The van der Waals surface area contributed by atoms with Gasteiger partial charge in [0.15, 0.2) is 116 Å². The highest BCUT2D eigenvalue weighted by Crippen LogP contribution is 2.40. The van der Waals surface area contributed by atoms with Crippen molar-refractivity contribution in [1.82, 2.24) is 0 Å². The smallest absolute Gasteiger partial charge is 0.461 e. The first-order valence-corrected chi connectivity index (χ1v) is 91.3. The van der Waals surface area contributed by atoms with Gasteiger partial charge in [0.1, 0.15) is 19.5 Å². The van der Waals surface area contributed by atoms with Crippen molar-refractivity contribution >= 4 is 171 Å². The molecule has 0 amide bonds. The number of hydrogen-bond acceptors (Lipinski definition) is 14. The molecule has 0 rings (SSSR count). The van der Waals surface area contributed by atoms with Gasteiger partial charge in [-0.15, -0.1) is 0 Å². The van der Waals surface area contributed by atoms with Gasteiger partial charge in [-0.1, -0.05) is 13.0 Å². The Morgan fingerprint density at radius 3 is 0.563 bits per heavy atom. The topological polar surface area (TPSA) is 129 Å². The second kappa shape index (κ2) is 34.7. The average Bonchev–Trinajstić information content (AvgIpc) is 1.05. The first kappa shape index (κ1) is 90.8. The van der Waals surface area contributed by atoms with Gasteiger partial charge < -0.3 is 57.6 Å². The van der Waals surface area contributed by atoms with E-state index in [0.717, 1.165) is 74.0 Å². The molecule has 0 aromatic carbocycles. The Bertz CT molecular complexity index is 1680. The summed E-state index contributed by atoms with van der Waals surface area (Å²) >= 11 is 0. The fourth-order valence-corrected chi connectivity index (χ4v) is 84.3. The van der Waals surface area contributed by atoms with Gasteiger partial charge in [0.25, 0.3) is 0 Å². The monoisotopic (exact) mass is 1570 g/mol. The van der Waals surface area contributed by atoms with Crippen LogP contribution in [0.15, 0.2) is 0 Å². The van der Waals surface area contributed by atoms with Crippen molar-refractivity contribution in [2.45, 2.75) is 341 Å². The Kier molecular flexibility index (Phi) is 36.2. The van der Waals surface area contributed by atoms with Crippen molar-refractivity contribution in [2.24, 2.45) is 0 Å². The van der Waals surface area contributed by atoms with Crippen LogP contribution in [-0.4, -0.2) is 171 Å². The minimum absolute atomic E-state index is 0.393. The van der Waals surface area contributed by atoms with Gasteiger partial charge in [-0.05, 0) is 304 Å². The molecule has 14 nitrogen and oxygen atoms in total. The van der Waals surface area contributed by atoms with E-state index in [4.69, 9.17) is 57.6 Å². The van der Waals surface area contributed by atoms with Gasteiger partial charge in [-0.3, -0.25) is 0 Å². The molecular formula is C53H148O14Si20. The Morgan fingerprint density at radius 2 is 0.368 bits per heavy atom. The van der Waals surface area contributed by atoms with E-state index >= 15 is 0 Å². The van der Waals surface area contributed by atoms with Crippen molar-refractivity contribution in [2.75, 3.05) is 0 Å². The molecule has 0 saturated heterocycles. The summed E-state index contributed by atoms with van der Waals surface area (Å²) in [4.78, 5) is 0. The third-order valence-corrected chi connectivity index (χ3v) is 77.0. The zero-order valence-corrected chi connectivity index (χ0v) is 85.6. The van der Waals surface area contributed by atoms with E-state index in [1.165, 1.54) is 18.5 Å². The largest absolute Gasteiger partial charge is 0.469 e. The maximum absolute atomic E-state index is 8.19. The molecular weight excluding hydrogens is 1420 g/mol. The van der Waals surface area contributed by atoms with E-state index in [1.807, 2.05) is 0 Å². The quantitative estimate of drug-likeness (QED) is 0.0423. The zero-order chi connectivity index (χ0) is 68.9. The second-order valence-corrected chi connectivity index (χ2v) is 116. The summed E-state index contributed by atoms with van der Waals surface area (Å²) < 4.78 is 103. The van der Waals surface area contributed by atoms with Gasteiger partial charge in [0, 0.05) is 24.2 Å². The van der Waals surface area contributed by atoms with Crippen LogP contribution in [0.3, 0.4) is 0 Å². The maximum atomic E-state index is 8.19. The lowest BCUT2D eigenvalue weighted by atomic mass is 10.6. The SMILES string of the molecule is C[SiH2]O[Si](C)(C)CCC[SiH2]O[Si](C)(C)CCC[Si](O[Si](C)(C)CCC[Si](O[Si](C)(C)C)(O[Si](C)(C)C)O[Si](C)(C)C)(O[Si](C)(C)CCC[Si](O[Si](C)(C)C)(O[Si](C)(C)C)O[Si](C)(C)C)O[Si](C)(C)CCC[Si](O[Si](C)(C)C)(O[Si](C)(C)C)O[Si](C)(C)C. The molecule has 0 heterocycles. The molecule has 0 spiro atoms. The van der Waals surface area contributed by atoms with E-state index in [9.17, 15) is 0 Å². The fourth-order valence-electron chi connectivity index (χ4n) is 10.9. The summed E-state index contributed by atoms with van der Waals surface area (Å²) in [6, 6.07) is 9.36. The average molecular weight is 1570 g/mol. The summed E-state index contributed by atoms with van der Waals surface area (Å²) in [5.41, 5.74) is 0. The Labute approximate surface area is 565 Å². The van der Waals surface area contributed by atoms with Crippen LogP contribution in [0.2, 0.25) is 309 Å². The lowest BCUT2D eigenvalue weighted by Gasteiger charge is -2.46. The summed E-state index contributed by atoms with van der Waals surface area (Å²) in [6.07, 6.45) is 4.87. The predicted octanol–water partition coefficient (Wildman–Crippen LogP) is 19.1. The van der Waals surface area contributed by atoms with Crippen molar-refractivity contribution in [1.29, 1.82) is 0 Å². The Balaban J connectivity index is 8.26. The molecule has 0 aliphatic rings. The van der Waals surface area contributed by atoms with Crippen LogP contribution < -0.4 is 0 Å². The summed E-state index contributed by atoms with van der Waals surface area (Å²) in [6.45, 7) is 88.3. The van der Waals surface area contributed by atoms with Gasteiger partial charge in [-0.2, -0.15) is 0 Å². The molecule has 0 aromatic rings. The van der Waals surface area contributed by atoms with E-state index in [1.54, 1.807) is 0 Å². The second-order valence-electron chi connectivity index (χ2n) is 36.9. The van der Waals surface area contributed by atoms with E-state index in [0.29, 0.717) is 0 Å². The van der Waals surface area contributed by atoms with Crippen LogP contribution in [0.1, 0.15) is 32.1 Å². The summed E-state index contributed by atoms with van der Waals surface area (Å²) in [5.74, 6) is 0. The molecule has 0 aliphatic carbocycles. The first-order valence-electron chi connectivity index (χ1n) is 33.8. The third kappa shape index (κ3) is 46.6. The predicted molar refractivity (Wildman–Crippen MR) is 430 cm³/mol. The van der Waals surface area contributed by atoms with Crippen LogP contribution >= 0.6 is 0 Å². The van der Waals surface area contributed by atoms with Gasteiger partial charge in [0.05, 0.1) is 0 Å². The Morgan fingerprint density at radius 1 is 0.195 bits per heavy atom. The normalized spacial score (nSPS) is 15.8. The molecule has 0 aromatic heterocycles. The molecule has 0 atom stereocenters. The molecule has 524 valence electrons. The molecule has 0 saturated carbocycles. The van der Waals surface area contributed by atoms with Crippen molar-refractivity contribution in [3.8, 4) is 0 Å². The molecule has 0 unspecified atom stereocenters. The minimum Gasteiger partial charge on any atom is -0.461 e. The van der Waals surface area contributed by atoms with Crippen LogP contribution in [0.25, 0.3) is 0 Å².